The predicted octanol–water partition coefficient (Wildman–Crippen LogP) is 5.24. The van der Waals surface area contributed by atoms with E-state index in [1.54, 1.807) is 0 Å². The van der Waals surface area contributed by atoms with E-state index >= 15 is 0 Å². The molecule has 0 saturated heterocycles. The molecular formula is C23H22N2O2. The molecule has 3 aromatic carbocycles. The largest absolute Gasteiger partial charge is 0.445 e. The molecule has 1 heterocycles. The Hall–Kier alpha value is -3.27. The normalized spacial score (nSPS) is 11.0. The van der Waals surface area contributed by atoms with Crippen molar-refractivity contribution in [1.29, 1.82) is 0 Å². The first-order valence-electron chi connectivity index (χ1n) is 9.20. The molecular weight excluding hydrogens is 336 g/mol. The lowest BCUT2D eigenvalue weighted by molar-refractivity contribution is 0.139. The molecule has 1 aromatic heterocycles. The molecule has 136 valence electrons. The average molecular weight is 358 g/mol. The van der Waals surface area contributed by atoms with E-state index in [2.05, 4.69) is 53.2 Å². The van der Waals surface area contributed by atoms with E-state index in [1.165, 1.54) is 21.8 Å². The van der Waals surface area contributed by atoms with E-state index in [0.717, 1.165) is 17.7 Å². The van der Waals surface area contributed by atoms with Crippen LogP contribution in [0.1, 0.15) is 18.1 Å². The molecule has 0 unspecified atom stereocenters. The van der Waals surface area contributed by atoms with Crippen molar-refractivity contribution in [2.45, 2.75) is 26.6 Å². The molecule has 0 fully saturated rings. The zero-order valence-corrected chi connectivity index (χ0v) is 15.3. The summed E-state index contributed by atoms with van der Waals surface area (Å²) >= 11 is 0. The number of carbonyl (C=O) groups is 1. The summed E-state index contributed by atoms with van der Waals surface area (Å²) in [6, 6.07) is 24.5. The van der Waals surface area contributed by atoms with Crippen LogP contribution in [-0.2, 0) is 24.4 Å². The number of hydrogen-bond donors (Lipinski definition) is 1. The Kier molecular flexibility index (Phi) is 4.79. The van der Waals surface area contributed by atoms with Gasteiger partial charge in [0.15, 0.2) is 0 Å². The van der Waals surface area contributed by atoms with E-state index in [9.17, 15) is 4.79 Å². The SMILES string of the molecule is CCn1c2ccccc2c2cc(COC(=O)NCc3ccccc3)ccc21. The number of amides is 1. The Morgan fingerprint density at radius 1 is 0.889 bits per heavy atom. The summed E-state index contributed by atoms with van der Waals surface area (Å²) < 4.78 is 7.69. The fourth-order valence-corrected chi connectivity index (χ4v) is 3.50. The molecule has 0 saturated carbocycles. The van der Waals surface area contributed by atoms with Gasteiger partial charge >= 0.3 is 6.09 Å². The third-order valence-corrected chi connectivity index (χ3v) is 4.80. The number of benzene rings is 3. The third kappa shape index (κ3) is 3.51. The number of aromatic nitrogens is 1. The van der Waals surface area contributed by atoms with Gasteiger partial charge in [0.1, 0.15) is 6.61 Å². The summed E-state index contributed by atoms with van der Waals surface area (Å²) in [5.41, 5.74) is 4.46. The zero-order chi connectivity index (χ0) is 18.6. The Labute approximate surface area is 158 Å². The van der Waals surface area contributed by atoms with Gasteiger partial charge in [0.2, 0.25) is 0 Å². The van der Waals surface area contributed by atoms with Crippen LogP contribution in [0.3, 0.4) is 0 Å². The summed E-state index contributed by atoms with van der Waals surface area (Å²) in [6.07, 6.45) is -0.407. The minimum absolute atomic E-state index is 0.252. The van der Waals surface area contributed by atoms with Crippen molar-refractivity contribution in [1.82, 2.24) is 9.88 Å². The zero-order valence-electron chi connectivity index (χ0n) is 15.3. The van der Waals surface area contributed by atoms with Crippen LogP contribution in [0.15, 0.2) is 72.8 Å². The van der Waals surface area contributed by atoms with E-state index < -0.39 is 6.09 Å². The Balaban J connectivity index is 1.48. The molecule has 1 N–H and O–H groups in total. The molecule has 4 aromatic rings. The number of aryl methyl sites for hydroxylation is 1. The van der Waals surface area contributed by atoms with Gasteiger partial charge in [-0.1, -0.05) is 54.6 Å². The Morgan fingerprint density at radius 3 is 2.44 bits per heavy atom. The first-order valence-corrected chi connectivity index (χ1v) is 9.20. The van der Waals surface area contributed by atoms with Crippen LogP contribution >= 0.6 is 0 Å². The van der Waals surface area contributed by atoms with E-state index in [4.69, 9.17) is 4.74 Å². The van der Waals surface area contributed by atoms with Gasteiger partial charge < -0.3 is 14.6 Å². The highest BCUT2D eigenvalue weighted by Gasteiger charge is 2.10. The summed E-state index contributed by atoms with van der Waals surface area (Å²) in [7, 11) is 0. The predicted molar refractivity (Wildman–Crippen MR) is 109 cm³/mol. The number of nitrogens with one attached hydrogen (secondary N) is 1. The summed E-state index contributed by atoms with van der Waals surface area (Å²) in [5, 5.41) is 5.20. The van der Waals surface area contributed by atoms with Crippen LogP contribution in [0, 0.1) is 0 Å². The van der Waals surface area contributed by atoms with Gasteiger partial charge in [-0.3, -0.25) is 0 Å². The number of ether oxygens (including phenoxy) is 1. The summed E-state index contributed by atoms with van der Waals surface area (Å²) in [5.74, 6) is 0. The Morgan fingerprint density at radius 2 is 1.63 bits per heavy atom. The smallest absolute Gasteiger partial charge is 0.407 e. The maximum atomic E-state index is 12.0. The molecule has 1 amide bonds. The highest BCUT2D eigenvalue weighted by molar-refractivity contribution is 6.08. The van der Waals surface area contributed by atoms with Crippen molar-refractivity contribution >= 4 is 27.9 Å². The fraction of sp³-hybridized carbons (Fsp3) is 0.174. The van der Waals surface area contributed by atoms with Crippen LogP contribution in [0.2, 0.25) is 0 Å². The van der Waals surface area contributed by atoms with Crippen LogP contribution in [-0.4, -0.2) is 10.7 Å². The fourth-order valence-electron chi connectivity index (χ4n) is 3.50. The highest BCUT2D eigenvalue weighted by atomic mass is 16.5. The Bertz CT molecular complexity index is 1080. The molecule has 4 heteroatoms. The van der Waals surface area contributed by atoms with E-state index in [1.807, 2.05) is 36.4 Å². The number of para-hydroxylation sites is 1. The van der Waals surface area contributed by atoms with Crippen molar-refractivity contribution in [3.8, 4) is 0 Å². The molecule has 0 spiro atoms. The molecule has 4 nitrogen and oxygen atoms in total. The third-order valence-electron chi connectivity index (χ3n) is 4.80. The molecule has 0 aliphatic carbocycles. The highest BCUT2D eigenvalue weighted by Crippen LogP contribution is 2.29. The van der Waals surface area contributed by atoms with Crippen LogP contribution < -0.4 is 5.32 Å². The van der Waals surface area contributed by atoms with Gasteiger partial charge in [0, 0.05) is 34.9 Å². The lowest BCUT2D eigenvalue weighted by Gasteiger charge is -2.08. The monoisotopic (exact) mass is 358 g/mol. The molecule has 0 aliphatic rings. The number of nitrogens with zero attached hydrogens (tertiary/aromatic N) is 1. The minimum atomic E-state index is -0.407. The van der Waals surface area contributed by atoms with Crippen molar-refractivity contribution in [2.24, 2.45) is 0 Å². The standard InChI is InChI=1S/C23H22N2O2/c1-2-25-21-11-7-6-10-19(21)20-14-18(12-13-22(20)25)16-27-23(26)24-15-17-8-4-3-5-9-17/h3-14H,2,15-16H2,1H3,(H,24,26). The van der Waals surface area contributed by atoms with Crippen molar-refractivity contribution < 1.29 is 9.53 Å². The second-order valence-electron chi connectivity index (χ2n) is 6.53. The molecule has 27 heavy (non-hydrogen) atoms. The molecule has 4 rings (SSSR count). The maximum absolute atomic E-state index is 12.0. The minimum Gasteiger partial charge on any atom is -0.445 e. The number of carbonyl (C=O) groups excluding carboxylic acids is 1. The van der Waals surface area contributed by atoms with Crippen molar-refractivity contribution in [2.75, 3.05) is 0 Å². The molecule has 0 bridgehead atoms. The van der Waals surface area contributed by atoms with Gasteiger partial charge in [0.25, 0.3) is 0 Å². The average Bonchev–Trinajstić information content (AvgIpc) is 3.04. The van der Waals surface area contributed by atoms with Crippen molar-refractivity contribution in [3.05, 3.63) is 83.9 Å². The van der Waals surface area contributed by atoms with Crippen LogP contribution in [0.4, 0.5) is 4.79 Å². The summed E-state index contributed by atoms with van der Waals surface area (Å²) in [4.78, 5) is 12.0. The second kappa shape index (κ2) is 7.54. The lowest BCUT2D eigenvalue weighted by atomic mass is 10.1. The van der Waals surface area contributed by atoms with Gasteiger partial charge in [-0.2, -0.15) is 0 Å². The first-order chi connectivity index (χ1) is 13.3. The lowest BCUT2D eigenvalue weighted by Crippen LogP contribution is -2.23. The van der Waals surface area contributed by atoms with Crippen LogP contribution in [0.5, 0.6) is 0 Å². The number of rotatable bonds is 5. The first kappa shape index (κ1) is 17.2. The van der Waals surface area contributed by atoms with Crippen LogP contribution in [0.25, 0.3) is 21.8 Å². The van der Waals surface area contributed by atoms with E-state index in [0.29, 0.717) is 6.54 Å². The number of alkyl carbamates (subject to hydrolysis) is 1. The number of fused-ring (bicyclic) bond motifs is 3. The maximum Gasteiger partial charge on any atom is 0.407 e. The topological polar surface area (TPSA) is 43.3 Å². The van der Waals surface area contributed by atoms with Gasteiger partial charge in [-0.05, 0) is 36.2 Å². The van der Waals surface area contributed by atoms with Gasteiger partial charge in [-0.25, -0.2) is 4.79 Å². The second-order valence-corrected chi connectivity index (χ2v) is 6.53. The molecule has 0 aliphatic heterocycles. The summed E-state index contributed by atoms with van der Waals surface area (Å²) in [6.45, 7) is 3.78. The van der Waals surface area contributed by atoms with Gasteiger partial charge in [0.05, 0.1) is 0 Å². The quantitative estimate of drug-likeness (QED) is 0.530. The van der Waals surface area contributed by atoms with Crippen molar-refractivity contribution in [3.63, 3.8) is 0 Å². The van der Waals surface area contributed by atoms with Gasteiger partial charge in [-0.15, -0.1) is 0 Å². The molecule has 0 radical (unpaired) electrons. The number of hydrogen-bond acceptors (Lipinski definition) is 2. The molecule has 0 atom stereocenters. The van der Waals surface area contributed by atoms with E-state index in [-0.39, 0.29) is 6.61 Å².